The lowest BCUT2D eigenvalue weighted by atomic mass is 10.0. The molecule has 0 aliphatic rings. The molecule has 0 fully saturated rings. The lowest BCUT2D eigenvalue weighted by Crippen LogP contribution is -2.31. The molecule has 29 heavy (non-hydrogen) atoms. The maximum absolute atomic E-state index is 13.0. The lowest BCUT2D eigenvalue weighted by molar-refractivity contribution is -0.133. The Morgan fingerprint density at radius 3 is 2.48 bits per heavy atom. The molecule has 0 saturated carbocycles. The number of aromatic nitrogens is 1. The Kier molecular flexibility index (Phi) is 6.22. The average Bonchev–Trinajstić information content (AvgIpc) is 2.73. The normalized spacial score (nSPS) is 10.8. The number of nitrogens with zero attached hydrogens (tertiary/aromatic N) is 2. The van der Waals surface area contributed by atoms with E-state index in [0.717, 1.165) is 22.0 Å². The lowest BCUT2D eigenvalue weighted by Gasteiger charge is -2.18. The molecule has 6 heteroatoms. The predicted octanol–water partition coefficient (Wildman–Crippen LogP) is 4.06. The van der Waals surface area contributed by atoms with Crippen LogP contribution < -0.4 is 0 Å². The fourth-order valence-electron chi connectivity index (χ4n) is 3.23. The Morgan fingerprint density at radius 2 is 1.79 bits per heavy atom. The van der Waals surface area contributed by atoms with Gasteiger partial charge < -0.3 is 9.64 Å². The first-order valence-corrected chi connectivity index (χ1v) is 9.44. The van der Waals surface area contributed by atoms with Crippen molar-refractivity contribution in [3.8, 4) is 0 Å². The number of pyridine rings is 1. The molecule has 150 valence electrons. The van der Waals surface area contributed by atoms with E-state index in [-0.39, 0.29) is 18.3 Å². The molecule has 3 rings (SSSR count). The number of esters is 1. The van der Waals surface area contributed by atoms with Crippen molar-refractivity contribution < 1.29 is 18.7 Å². The summed E-state index contributed by atoms with van der Waals surface area (Å²) >= 11 is 0. The number of aryl methyl sites for hydroxylation is 2. The number of hydrogen-bond donors (Lipinski definition) is 0. The van der Waals surface area contributed by atoms with E-state index in [4.69, 9.17) is 4.74 Å². The number of carbonyl (C=O) groups is 2. The standard InChI is InChI=1S/C23H23FN2O3/c1-4-19-22(15(2)18-7-5-6-8-20(18)25-19)23(28)29-14-21(27)26(3)13-16-9-11-17(24)12-10-16/h5-12H,4,13-14H2,1-3H3. The second kappa shape index (κ2) is 8.82. The quantitative estimate of drug-likeness (QED) is 0.592. The number of fused-ring (bicyclic) bond motifs is 1. The van der Waals surface area contributed by atoms with Crippen molar-refractivity contribution in [3.63, 3.8) is 0 Å². The summed E-state index contributed by atoms with van der Waals surface area (Å²) in [6, 6.07) is 13.5. The summed E-state index contributed by atoms with van der Waals surface area (Å²) in [7, 11) is 1.61. The number of amides is 1. The molecule has 0 N–H and O–H groups in total. The highest BCUT2D eigenvalue weighted by Gasteiger charge is 2.21. The third-order valence-electron chi connectivity index (χ3n) is 4.85. The molecule has 0 unspecified atom stereocenters. The van der Waals surface area contributed by atoms with Crippen molar-refractivity contribution in [2.24, 2.45) is 0 Å². The maximum Gasteiger partial charge on any atom is 0.340 e. The number of rotatable bonds is 6. The van der Waals surface area contributed by atoms with Crippen LogP contribution in [0.5, 0.6) is 0 Å². The molecule has 0 saturated heterocycles. The van der Waals surface area contributed by atoms with Crippen LogP contribution in [0.4, 0.5) is 4.39 Å². The van der Waals surface area contributed by atoms with Crippen LogP contribution in [-0.4, -0.2) is 35.4 Å². The Morgan fingerprint density at radius 1 is 1.10 bits per heavy atom. The molecule has 1 heterocycles. The molecule has 0 radical (unpaired) electrons. The maximum atomic E-state index is 13.0. The van der Waals surface area contributed by atoms with Gasteiger partial charge in [-0.3, -0.25) is 9.78 Å². The van der Waals surface area contributed by atoms with Gasteiger partial charge in [0.05, 0.1) is 16.8 Å². The van der Waals surface area contributed by atoms with Crippen LogP contribution in [0.2, 0.25) is 0 Å². The van der Waals surface area contributed by atoms with E-state index >= 15 is 0 Å². The van der Waals surface area contributed by atoms with Crippen molar-refractivity contribution in [3.05, 3.63) is 76.7 Å². The monoisotopic (exact) mass is 394 g/mol. The molecule has 0 aliphatic carbocycles. The van der Waals surface area contributed by atoms with E-state index in [1.807, 2.05) is 38.1 Å². The summed E-state index contributed by atoms with van der Waals surface area (Å²) in [5, 5.41) is 0.886. The molecule has 1 amide bonds. The minimum atomic E-state index is -0.555. The van der Waals surface area contributed by atoms with Crippen LogP contribution >= 0.6 is 0 Å². The first kappa shape index (κ1) is 20.5. The van der Waals surface area contributed by atoms with Crippen molar-refractivity contribution in [1.29, 1.82) is 0 Å². The Balaban J connectivity index is 1.70. The average molecular weight is 394 g/mol. The minimum absolute atomic E-state index is 0.299. The van der Waals surface area contributed by atoms with Crippen LogP contribution in [0, 0.1) is 12.7 Å². The van der Waals surface area contributed by atoms with E-state index < -0.39 is 5.97 Å². The molecule has 0 bridgehead atoms. The molecule has 0 atom stereocenters. The Bertz CT molecular complexity index is 1050. The number of hydrogen-bond acceptors (Lipinski definition) is 4. The largest absolute Gasteiger partial charge is 0.452 e. The fourth-order valence-corrected chi connectivity index (χ4v) is 3.23. The summed E-state index contributed by atoms with van der Waals surface area (Å²) in [4.78, 5) is 31.1. The fraction of sp³-hybridized carbons (Fsp3) is 0.261. The van der Waals surface area contributed by atoms with Gasteiger partial charge in [-0.05, 0) is 42.7 Å². The van der Waals surface area contributed by atoms with Gasteiger partial charge in [0, 0.05) is 19.0 Å². The molecular formula is C23H23FN2O3. The number of ether oxygens (including phenoxy) is 1. The van der Waals surface area contributed by atoms with Crippen molar-refractivity contribution in [2.75, 3.05) is 13.7 Å². The third-order valence-corrected chi connectivity index (χ3v) is 4.85. The summed E-state index contributed by atoms with van der Waals surface area (Å²) < 4.78 is 18.3. The highest BCUT2D eigenvalue weighted by atomic mass is 19.1. The summed E-state index contributed by atoms with van der Waals surface area (Å²) in [6.45, 7) is 3.72. The van der Waals surface area contributed by atoms with Crippen LogP contribution in [0.1, 0.15) is 34.1 Å². The number of halogens is 1. The van der Waals surface area contributed by atoms with Crippen molar-refractivity contribution in [1.82, 2.24) is 9.88 Å². The zero-order valence-electron chi connectivity index (χ0n) is 16.7. The summed E-state index contributed by atoms with van der Waals surface area (Å²) in [5.41, 5.74) is 3.48. The SMILES string of the molecule is CCc1nc2ccccc2c(C)c1C(=O)OCC(=O)N(C)Cc1ccc(F)cc1. The van der Waals surface area contributed by atoms with E-state index in [2.05, 4.69) is 4.98 Å². The van der Waals surface area contributed by atoms with Crippen molar-refractivity contribution in [2.45, 2.75) is 26.8 Å². The van der Waals surface area contributed by atoms with Crippen LogP contribution in [0.3, 0.4) is 0 Å². The highest BCUT2D eigenvalue weighted by Crippen LogP contribution is 2.24. The zero-order valence-corrected chi connectivity index (χ0v) is 16.7. The van der Waals surface area contributed by atoms with Crippen LogP contribution in [0.15, 0.2) is 48.5 Å². The zero-order chi connectivity index (χ0) is 21.0. The van der Waals surface area contributed by atoms with Crippen LogP contribution in [0.25, 0.3) is 10.9 Å². The van der Waals surface area contributed by atoms with Gasteiger partial charge in [0.2, 0.25) is 0 Å². The number of likely N-dealkylation sites (N-methyl/N-ethyl adjacent to an activating group) is 1. The molecular weight excluding hydrogens is 371 g/mol. The Hall–Kier alpha value is -3.28. The molecule has 2 aromatic carbocycles. The minimum Gasteiger partial charge on any atom is -0.452 e. The van der Waals surface area contributed by atoms with Gasteiger partial charge >= 0.3 is 5.97 Å². The molecule has 1 aromatic heterocycles. The van der Waals surface area contributed by atoms with Gasteiger partial charge in [0.1, 0.15) is 5.82 Å². The second-order valence-corrected chi connectivity index (χ2v) is 6.88. The van der Waals surface area contributed by atoms with Gasteiger partial charge in [-0.15, -0.1) is 0 Å². The van der Waals surface area contributed by atoms with Gasteiger partial charge in [0.15, 0.2) is 6.61 Å². The van der Waals surface area contributed by atoms with Crippen LogP contribution in [-0.2, 0) is 22.5 Å². The van der Waals surface area contributed by atoms with Gasteiger partial charge in [-0.1, -0.05) is 37.3 Å². The van der Waals surface area contributed by atoms with E-state index in [1.54, 1.807) is 19.2 Å². The smallest absolute Gasteiger partial charge is 0.340 e. The topological polar surface area (TPSA) is 59.5 Å². The van der Waals surface area contributed by atoms with E-state index in [1.165, 1.54) is 17.0 Å². The van der Waals surface area contributed by atoms with Gasteiger partial charge in [0.25, 0.3) is 5.91 Å². The first-order chi connectivity index (χ1) is 13.9. The van der Waals surface area contributed by atoms with Gasteiger partial charge in [-0.25, -0.2) is 9.18 Å². The van der Waals surface area contributed by atoms with E-state index in [0.29, 0.717) is 24.2 Å². The van der Waals surface area contributed by atoms with E-state index in [9.17, 15) is 14.0 Å². The van der Waals surface area contributed by atoms with Crippen molar-refractivity contribution >= 4 is 22.8 Å². The van der Waals surface area contributed by atoms with Gasteiger partial charge in [-0.2, -0.15) is 0 Å². The number of para-hydroxylation sites is 1. The highest BCUT2D eigenvalue weighted by molar-refractivity contribution is 5.99. The Labute approximate surface area is 169 Å². The third kappa shape index (κ3) is 4.59. The summed E-state index contributed by atoms with van der Waals surface area (Å²) in [6.07, 6.45) is 0.578. The number of carbonyl (C=O) groups excluding carboxylic acids is 2. The molecule has 0 aliphatic heterocycles. The number of benzene rings is 2. The summed E-state index contributed by atoms with van der Waals surface area (Å²) in [5.74, 6) is -1.23. The molecule has 0 spiro atoms. The second-order valence-electron chi connectivity index (χ2n) is 6.88. The molecule has 3 aromatic rings. The molecule has 5 nitrogen and oxygen atoms in total. The first-order valence-electron chi connectivity index (χ1n) is 9.44. The predicted molar refractivity (Wildman–Crippen MR) is 109 cm³/mol.